The van der Waals surface area contributed by atoms with Crippen LogP contribution in [0.25, 0.3) is 0 Å². The summed E-state index contributed by atoms with van der Waals surface area (Å²) in [6.07, 6.45) is -0.0560. The Balaban J connectivity index is 1.65. The molecule has 0 bridgehead atoms. The lowest BCUT2D eigenvalue weighted by atomic mass is 10.0. The van der Waals surface area contributed by atoms with Gasteiger partial charge in [0, 0.05) is 29.9 Å². The molecule has 35 heavy (non-hydrogen) atoms. The smallest absolute Gasteiger partial charge is 0.271 e. The second-order valence-electron chi connectivity index (χ2n) is 8.01. The normalized spacial score (nSPS) is 13.2. The van der Waals surface area contributed by atoms with E-state index in [0.717, 1.165) is 5.56 Å². The van der Waals surface area contributed by atoms with Crippen LogP contribution in [0.4, 0.5) is 11.4 Å². The van der Waals surface area contributed by atoms with Crippen LogP contribution in [-0.2, 0) is 11.3 Å². The molecule has 9 heteroatoms. The number of nitrogens with one attached hydrogen (secondary N) is 1. The molecule has 0 spiro atoms. The van der Waals surface area contributed by atoms with E-state index in [-0.39, 0.29) is 23.9 Å². The molecule has 1 aliphatic rings. The highest BCUT2D eigenvalue weighted by Crippen LogP contribution is 2.37. The van der Waals surface area contributed by atoms with Gasteiger partial charge in [-0.2, -0.15) is 0 Å². The van der Waals surface area contributed by atoms with E-state index >= 15 is 0 Å². The van der Waals surface area contributed by atoms with Crippen molar-refractivity contribution in [2.24, 2.45) is 0 Å². The van der Waals surface area contributed by atoms with Crippen LogP contribution in [0.15, 0.2) is 66.7 Å². The zero-order valence-electron chi connectivity index (χ0n) is 19.4. The third-order valence-corrected chi connectivity index (χ3v) is 5.82. The zero-order chi connectivity index (χ0) is 24.9. The van der Waals surface area contributed by atoms with Crippen molar-refractivity contribution >= 4 is 23.2 Å². The van der Waals surface area contributed by atoms with E-state index in [1.807, 2.05) is 31.2 Å². The molecule has 9 nitrogen and oxygen atoms in total. The van der Waals surface area contributed by atoms with Crippen LogP contribution in [-0.4, -0.2) is 35.4 Å². The number of carbonyl (C=O) groups is 2. The molecular formula is C26H25N3O6. The topological polar surface area (TPSA) is 111 Å². The van der Waals surface area contributed by atoms with Gasteiger partial charge in [-0.05, 0) is 42.3 Å². The Hall–Kier alpha value is -4.40. The molecule has 0 radical (unpaired) electrons. The maximum Gasteiger partial charge on any atom is 0.271 e. The number of benzene rings is 3. The minimum atomic E-state index is -0.599. The highest BCUT2D eigenvalue weighted by atomic mass is 16.6. The van der Waals surface area contributed by atoms with Crippen LogP contribution in [0.5, 0.6) is 11.5 Å². The summed E-state index contributed by atoms with van der Waals surface area (Å²) in [6, 6.07) is 17.8. The second kappa shape index (κ2) is 10.3. The number of nitro groups is 1. The number of fused-ring (bicyclic) bond motifs is 1. The lowest BCUT2D eigenvalue weighted by Crippen LogP contribution is -2.32. The maximum absolute atomic E-state index is 13.3. The first kappa shape index (κ1) is 23.7. The van der Waals surface area contributed by atoms with Gasteiger partial charge in [0.05, 0.1) is 31.1 Å². The van der Waals surface area contributed by atoms with Crippen molar-refractivity contribution in [2.75, 3.05) is 19.0 Å². The third kappa shape index (κ3) is 5.08. The van der Waals surface area contributed by atoms with Crippen LogP contribution < -0.4 is 14.8 Å². The summed E-state index contributed by atoms with van der Waals surface area (Å²) in [5.74, 6) is 0.515. The van der Waals surface area contributed by atoms with Crippen molar-refractivity contribution < 1.29 is 24.0 Å². The molecule has 1 heterocycles. The van der Waals surface area contributed by atoms with E-state index in [9.17, 15) is 19.7 Å². The highest BCUT2D eigenvalue weighted by molar-refractivity contribution is 5.99. The van der Waals surface area contributed by atoms with E-state index in [1.165, 1.54) is 25.3 Å². The highest BCUT2D eigenvalue weighted by Gasteiger charge is 2.35. The van der Waals surface area contributed by atoms with Crippen molar-refractivity contribution in [3.8, 4) is 11.5 Å². The molecule has 0 saturated heterocycles. The van der Waals surface area contributed by atoms with Gasteiger partial charge in [-0.15, -0.1) is 0 Å². The SMILES string of the molecule is CCOc1ccc([C@@H](CC(=O)Nc2cccc([N+](=O)[O-])c2)N2Cc3ccccc3C2=O)cc1OC. The number of methoxy groups -OCH3 is 1. The number of rotatable bonds is 9. The molecule has 0 fully saturated rings. The molecule has 0 saturated carbocycles. The molecule has 3 aromatic rings. The summed E-state index contributed by atoms with van der Waals surface area (Å²) >= 11 is 0. The van der Waals surface area contributed by atoms with Gasteiger partial charge in [0.15, 0.2) is 11.5 Å². The van der Waals surface area contributed by atoms with Crippen LogP contribution >= 0.6 is 0 Å². The minimum absolute atomic E-state index is 0.0560. The largest absolute Gasteiger partial charge is 0.493 e. The molecule has 0 unspecified atom stereocenters. The number of anilines is 1. The van der Waals surface area contributed by atoms with Crippen molar-refractivity contribution in [3.05, 3.63) is 93.5 Å². The average Bonchev–Trinajstić information content (AvgIpc) is 3.19. The zero-order valence-corrected chi connectivity index (χ0v) is 19.4. The molecule has 1 N–H and O–H groups in total. The van der Waals surface area contributed by atoms with Crippen molar-refractivity contribution in [1.29, 1.82) is 0 Å². The first-order valence-electron chi connectivity index (χ1n) is 11.1. The quantitative estimate of drug-likeness (QED) is 0.354. The summed E-state index contributed by atoms with van der Waals surface area (Å²) in [4.78, 5) is 38.5. The predicted molar refractivity (Wildman–Crippen MR) is 130 cm³/mol. The summed E-state index contributed by atoms with van der Waals surface area (Å²) in [6.45, 7) is 2.69. The second-order valence-corrected chi connectivity index (χ2v) is 8.01. The minimum Gasteiger partial charge on any atom is -0.493 e. The number of carbonyl (C=O) groups excluding carboxylic acids is 2. The van der Waals surface area contributed by atoms with Gasteiger partial charge in [-0.1, -0.05) is 30.3 Å². The fourth-order valence-corrected chi connectivity index (χ4v) is 4.19. The molecule has 3 aromatic carbocycles. The van der Waals surface area contributed by atoms with E-state index < -0.39 is 11.0 Å². The van der Waals surface area contributed by atoms with Crippen LogP contribution in [0.1, 0.15) is 40.9 Å². The first-order valence-corrected chi connectivity index (χ1v) is 11.1. The molecule has 1 aliphatic heterocycles. The van der Waals surface area contributed by atoms with Crippen LogP contribution in [0.3, 0.4) is 0 Å². The monoisotopic (exact) mass is 475 g/mol. The Morgan fingerprint density at radius 2 is 1.91 bits per heavy atom. The number of non-ortho nitro benzene ring substituents is 1. The predicted octanol–water partition coefficient (Wildman–Crippen LogP) is 4.73. The third-order valence-electron chi connectivity index (χ3n) is 5.82. The first-order chi connectivity index (χ1) is 16.9. The van der Waals surface area contributed by atoms with Crippen LogP contribution in [0, 0.1) is 10.1 Å². The van der Waals surface area contributed by atoms with Gasteiger partial charge < -0.3 is 19.7 Å². The Kier molecular flexibility index (Phi) is 6.96. The number of ether oxygens (including phenoxy) is 2. The standard InChI is InChI=1S/C26H25N3O6/c1-3-35-23-12-11-17(13-24(23)34-2)22(28-16-18-7-4-5-10-21(18)26(28)31)15-25(30)27-19-8-6-9-20(14-19)29(32)33/h4-14,22H,3,15-16H2,1-2H3,(H,27,30)/t22-/m1/s1. The number of nitrogens with zero attached hydrogens (tertiary/aromatic N) is 2. The van der Waals surface area contributed by atoms with Gasteiger partial charge in [0.1, 0.15) is 0 Å². The lowest BCUT2D eigenvalue weighted by molar-refractivity contribution is -0.384. The lowest BCUT2D eigenvalue weighted by Gasteiger charge is -2.28. The van der Waals surface area contributed by atoms with E-state index in [2.05, 4.69) is 5.32 Å². The number of hydrogen-bond donors (Lipinski definition) is 1. The van der Waals surface area contributed by atoms with Gasteiger partial charge in [0.2, 0.25) is 5.91 Å². The fraction of sp³-hybridized carbons (Fsp3) is 0.231. The van der Waals surface area contributed by atoms with Gasteiger partial charge >= 0.3 is 0 Å². The fourth-order valence-electron chi connectivity index (χ4n) is 4.19. The summed E-state index contributed by atoms with van der Waals surface area (Å²) in [5.41, 5.74) is 2.39. The Labute approximate surface area is 202 Å². The molecule has 0 aromatic heterocycles. The summed E-state index contributed by atoms with van der Waals surface area (Å²) in [7, 11) is 1.53. The Morgan fingerprint density at radius 1 is 1.11 bits per heavy atom. The Morgan fingerprint density at radius 3 is 2.63 bits per heavy atom. The van der Waals surface area contributed by atoms with Gasteiger partial charge in [-0.3, -0.25) is 19.7 Å². The number of nitro benzene ring substituents is 1. The van der Waals surface area contributed by atoms with Crippen molar-refractivity contribution in [1.82, 2.24) is 4.90 Å². The van der Waals surface area contributed by atoms with Gasteiger partial charge in [-0.25, -0.2) is 0 Å². The molecular weight excluding hydrogens is 450 g/mol. The van der Waals surface area contributed by atoms with E-state index in [1.54, 1.807) is 29.2 Å². The van der Waals surface area contributed by atoms with Crippen LogP contribution in [0.2, 0.25) is 0 Å². The molecule has 0 aliphatic carbocycles. The molecule has 2 amide bonds. The number of amides is 2. The van der Waals surface area contributed by atoms with E-state index in [0.29, 0.717) is 41.5 Å². The summed E-state index contributed by atoms with van der Waals surface area (Å²) < 4.78 is 11.1. The maximum atomic E-state index is 13.3. The van der Waals surface area contributed by atoms with Crippen molar-refractivity contribution in [2.45, 2.75) is 25.9 Å². The average molecular weight is 476 g/mol. The van der Waals surface area contributed by atoms with E-state index in [4.69, 9.17) is 9.47 Å². The molecule has 4 rings (SSSR count). The number of hydrogen-bond acceptors (Lipinski definition) is 6. The molecule has 1 atom stereocenters. The summed E-state index contributed by atoms with van der Waals surface area (Å²) in [5, 5.41) is 13.8. The molecule has 180 valence electrons. The van der Waals surface area contributed by atoms with Crippen molar-refractivity contribution in [3.63, 3.8) is 0 Å². The van der Waals surface area contributed by atoms with Gasteiger partial charge in [0.25, 0.3) is 11.6 Å². The Bertz CT molecular complexity index is 1280.